The van der Waals surface area contributed by atoms with Crippen molar-refractivity contribution >= 4 is 35.2 Å². The van der Waals surface area contributed by atoms with Crippen molar-refractivity contribution in [3.63, 3.8) is 0 Å². The van der Waals surface area contributed by atoms with Crippen LogP contribution in [0.4, 0.5) is 0 Å². The molecule has 2 heterocycles. The fourth-order valence-electron chi connectivity index (χ4n) is 4.47. The van der Waals surface area contributed by atoms with Crippen molar-refractivity contribution in [2.75, 3.05) is 0 Å². The molecule has 8 nitrogen and oxygen atoms in total. The van der Waals surface area contributed by atoms with E-state index < -0.39 is 23.3 Å². The third-order valence-corrected chi connectivity index (χ3v) is 6.17. The fourth-order valence-corrected chi connectivity index (χ4v) is 4.85. The van der Waals surface area contributed by atoms with Crippen LogP contribution in [0.25, 0.3) is 0 Å². The number of amides is 1. The van der Waals surface area contributed by atoms with Gasteiger partial charge in [0.2, 0.25) is 0 Å². The number of aromatic carboxylic acids is 1. The summed E-state index contributed by atoms with van der Waals surface area (Å²) in [5.41, 5.74) is -0.138. The molecule has 1 aliphatic carbocycles. The van der Waals surface area contributed by atoms with E-state index in [1.807, 2.05) is 20.8 Å². The lowest BCUT2D eigenvalue weighted by atomic mass is 9.84. The average Bonchev–Trinajstić information content (AvgIpc) is 3.20. The lowest BCUT2D eigenvalue weighted by Crippen LogP contribution is -2.42. The van der Waals surface area contributed by atoms with Gasteiger partial charge in [-0.2, -0.15) is 0 Å². The number of fused-ring (bicyclic) bond motifs is 1. The summed E-state index contributed by atoms with van der Waals surface area (Å²) in [7, 11) is 0. The molecule has 31 heavy (non-hydrogen) atoms. The summed E-state index contributed by atoms with van der Waals surface area (Å²) in [6.07, 6.45) is 4.39. The summed E-state index contributed by atoms with van der Waals surface area (Å²) in [6.45, 7) is 5.97. The van der Waals surface area contributed by atoms with Gasteiger partial charge in [0.05, 0.1) is 10.6 Å². The molecule has 0 unspecified atom stereocenters. The number of aromatic nitrogens is 1. The lowest BCUT2D eigenvalue weighted by molar-refractivity contribution is -0.156. The number of carboxylic acids is 1. The quantitative estimate of drug-likeness (QED) is 0.388. The molecule has 1 aromatic heterocycles. The standard InChI is InChI=1S/C22H29ClN2O6/c1-22(2,3)31-15(26)11-12-6-8-13(9-7-12)24-20(28)19(27)18-17(23)16(21(29)30)14-5-4-10-25(14)18/h12-13H,4-11H2,1-3H3,(H,24,28)(H,29,30). The minimum Gasteiger partial charge on any atom is -0.478 e. The normalized spacial score (nSPS) is 20.8. The number of ether oxygens (including phenoxy) is 1. The molecular weight excluding hydrogens is 424 g/mol. The first kappa shape index (κ1) is 23.3. The van der Waals surface area contributed by atoms with Crippen LogP contribution in [0.5, 0.6) is 0 Å². The van der Waals surface area contributed by atoms with Crippen molar-refractivity contribution in [2.24, 2.45) is 5.92 Å². The van der Waals surface area contributed by atoms with E-state index in [0.29, 0.717) is 44.3 Å². The average molecular weight is 453 g/mol. The van der Waals surface area contributed by atoms with Crippen molar-refractivity contribution in [3.05, 3.63) is 22.0 Å². The van der Waals surface area contributed by atoms with Crippen LogP contribution < -0.4 is 5.32 Å². The summed E-state index contributed by atoms with van der Waals surface area (Å²) < 4.78 is 6.93. The Bertz CT molecular complexity index is 906. The second kappa shape index (κ2) is 9.02. The molecule has 2 aliphatic rings. The number of nitrogens with one attached hydrogen (secondary N) is 1. The van der Waals surface area contributed by atoms with Gasteiger partial charge in [-0.1, -0.05) is 11.6 Å². The van der Waals surface area contributed by atoms with E-state index in [1.165, 1.54) is 0 Å². The topological polar surface area (TPSA) is 115 Å². The Morgan fingerprint density at radius 3 is 2.39 bits per heavy atom. The van der Waals surface area contributed by atoms with Gasteiger partial charge in [0.25, 0.3) is 11.7 Å². The van der Waals surface area contributed by atoms with Gasteiger partial charge in [0, 0.05) is 24.7 Å². The number of ketones is 1. The number of Topliss-reactive ketones (excluding diaryl/α,β-unsaturated/α-hetero) is 1. The molecule has 2 N–H and O–H groups in total. The maximum atomic E-state index is 12.8. The number of carbonyl (C=O) groups excluding carboxylic acids is 3. The van der Waals surface area contributed by atoms with E-state index in [9.17, 15) is 24.3 Å². The van der Waals surface area contributed by atoms with Crippen LogP contribution >= 0.6 is 11.6 Å². The molecule has 0 spiro atoms. The van der Waals surface area contributed by atoms with Gasteiger partial charge in [-0.25, -0.2) is 4.79 Å². The van der Waals surface area contributed by atoms with Gasteiger partial charge in [-0.3, -0.25) is 14.4 Å². The predicted molar refractivity (Wildman–Crippen MR) is 113 cm³/mol. The summed E-state index contributed by atoms with van der Waals surface area (Å²) in [5, 5.41) is 12.0. The predicted octanol–water partition coefficient (Wildman–Crippen LogP) is 3.38. The highest BCUT2D eigenvalue weighted by Crippen LogP contribution is 2.34. The van der Waals surface area contributed by atoms with Gasteiger partial charge in [0.1, 0.15) is 11.3 Å². The molecule has 1 aliphatic heterocycles. The van der Waals surface area contributed by atoms with E-state index >= 15 is 0 Å². The molecule has 0 saturated heterocycles. The van der Waals surface area contributed by atoms with Crippen LogP contribution in [0.3, 0.4) is 0 Å². The van der Waals surface area contributed by atoms with E-state index in [1.54, 1.807) is 4.57 Å². The minimum atomic E-state index is -1.20. The monoisotopic (exact) mass is 452 g/mol. The second-order valence-electron chi connectivity index (χ2n) is 9.36. The number of esters is 1. The number of carboxylic acid groups (broad SMARTS) is 1. The number of rotatable bonds is 6. The van der Waals surface area contributed by atoms with Gasteiger partial charge in [0.15, 0.2) is 0 Å². The molecule has 0 aromatic carbocycles. The molecule has 170 valence electrons. The molecular formula is C22H29ClN2O6. The summed E-state index contributed by atoms with van der Waals surface area (Å²) in [5.74, 6) is -2.81. The number of halogens is 1. The maximum absolute atomic E-state index is 12.8. The van der Waals surface area contributed by atoms with Gasteiger partial charge >= 0.3 is 11.9 Å². The molecule has 1 amide bonds. The Morgan fingerprint density at radius 1 is 1.16 bits per heavy atom. The molecule has 9 heteroatoms. The Labute approximate surface area is 186 Å². The van der Waals surface area contributed by atoms with E-state index in [4.69, 9.17) is 16.3 Å². The Morgan fingerprint density at radius 2 is 1.81 bits per heavy atom. The van der Waals surface area contributed by atoms with E-state index in [-0.39, 0.29) is 34.2 Å². The fraction of sp³-hybridized carbons (Fsp3) is 0.636. The third-order valence-electron chi connectivity index (χ3n) is 5.80. The highest BCUT2D eigenvalue weighted by molar-refractivity contribution is 6.47. The van der Waals surface area contributed by atoms with Crippen LogP contribution in [-0.2, 0) is 27.3 Å². The molecule has 3 rings (SSSR count). The van der Waals surface area contributed by atoms with Crippen molar-refractivity contribution < 1.29 is 29.0 Å². The largest absolute Gasteiger partial charge is 0.478 e. The van der Waals surface area contributed by atoms with Gasteiger partial charge in [-0.05, 0) is 65.2 Å². The zero-order valence-electron chi connectivity index (χ0n) is 18.1. The summed E-state index contributed by atoms with van der Waals surface area (Å²) in [4.78, 5) is 49.0. The zero-order valence-corrected chi connectivity index (χ0v) is 18.9. The first-order chi connectivity index (χ1) is 14.5. The maximum Gasteiger partial charge on any atom is 0.339 e. The number of carbonyl (C=O) groups is 4. The number of hydrogen-bond donors (Lipinski definition) is 2. The molecule has 1 saturated carbocycles. The Balaban J connectivity index is 1.58. The van der Waals surface area contributed by atoms with Crippen molar-refractivity contribution in [1.29, 1.82) is 0 Å². The minimum absolute atomic E-state index is 0.0392. The number of hydrogen-bond acceptors (Lipinski definition) is 5. The van der Waals surface area contributed by atoms with Crippen LogP contribution in [0.1, 0.15) is 85.8 Å². The highest BCUT2D eigenvalue weighted by atomic mass is 35.5. The Hall–Kier alpha value is -2.35. The second-order valence-corrected chi connectivity index (χ2v) is 9.73. The van der Waals surface area contributed by atoms with Crippen LogP contribution in [0.15, 0.2) is 0 Å². The van der Waals surface area contributed by atoms with Crippen molar-refractivity contribution in [3.8, 4) is 0 Å². The molecule has 1 aromatic rings. The van der Waals surface area contributed by atoms with Crippen LogP contribution in [0.2, 0.25) is 5.02 Å². The smallest absolute Gasteiger partial charge is 0.339 e. The van der Waals surface area contributed by atoms with Crippen LogP contribution in [0, 0.1) is 5.92 Å². The first-order valence-corrected chi connectivity index (χ1v) is 11.1. The van der Waals surface area contributed by atoms with Crippen molar-refractivity contribution in [1.82, 2.24) is 9.88 Å². The molecule has 0 atom stereocenters. The lowest BCUT2D eigenvalue weighted by Gasteiger charge is -2.29. The molecule has 0 bridgehead atoms. The first-order valence-electron chi connectivity index (χ1n) is 10.7. The molecule has 0 radical (unpaired) electrons. The summed E-state index contributed by atoms with van der Waals surface area (Å²) >= 11 is 6.19. The van der Waals surface area contributed by atoms with Crippen LogP contribution in [-0.4, -0.2) is 44.9 Å². The van der Waals surface area contributed by atoms with E-state index in [0.717, 1.165) is 12.8 Å². The summed E-state index contributed by atoms with van der Waals surface area (Å²) in [6, 6.07) is -0.169. The Kier molecular flexibility index (Phi) is 6.79. The van der Waals surface area contributed by atoms with E-state index in [2.05, 4.69) is 5.32 Å². The highest BCUT2D eigenvalue weighted by Gasteiger charge is 2.35. The third kappa shape index (κ3) is 5.29. The molecule has 1 fully saturated rings. The van der Waals surface area contributed by atoms with Crippen molar-refractivity contribution in [2.45, 2.75) is 83.9 Å². The van der Waals surface area contributed by atoms with Gasteiger partial charge in [-0.15, -0.1) is 0 Å². The van der Waals surface area contributed by atoms with Gasteiger partial charge < -0.3 is 19.7 Å². The number of nitrogens with zero attached hydrogens (tertiary/aromatic N) is 1. The zero-order chi connectivity index (χ0) is 22.9. The SMILES string of the molecule is CC(C)(C)OC(=O)CC1CCC(NC(=O)C(=O)c2c(Cl)c(C(=O)O)c3n2CCC3)CC1.